The Morgan fingerprint density at radius 1 is 1.05 bits per heavy atom. The molecule has 0 heterocycles. The topological polar surface area (TPSA) is 50.1 Å². The van der Waals surface area contributed by atoms with Gasteiger partial charge in [0.15, 0.2) is 0 Å². The van der Waals surface area contributed by atoms with Crippen molar-refractivity contribution in [2.45, 2.75) is 24.9 Å². The monoisotopic (exact) mass is 277 g/mol. The van der Waals surface area contributed by atoms with Crippen LogP contribution in [-0.4, -0.2) is 5.78 Å². The Bertz CT molecular complexity index is 693. The van der Waals surface area contributed by atoms with E-state index >= 15 is 0 Å². The van der Waals surface area contributed by atoms with Crippen LogP contribution in [0.5, 0.6) is 5.75 Å². The van der Waals surface area contributed by atoms with E-state index in [0.29, 0.717) is 12.4 Å². The molecule has 0 atom stereocenters. The highest BCUT2D eigenvalue weighted by atomic mass is 16.5. The average molecular weight is 277 g/mol. The summed E-state index contributed by atoms with van der Waals surface area (Å²) in [5.41, 5.74) is 1.19. The minimum absolute atomic E-state index is 0.134. The minimum atomic E-state index is -0.704. The van der Waals surface area contributed by atoms with E-state index in [-0.39, 0.29) is 18.6 Å². The lowest BCUT2D eigenvalue weighted by atomic mass is 9.64. The first kappa shape index (κ1) is 13.4. The Labute approximate surface area is 123 Å². The van der Waals surface area contributed by atoms with Gasteiger partial charge in [-0.1, -0.05) is 48.5 Å². The van der Waals surface area contributed by atoms with Crippen LogP contribution in [0.25, 0.3) is 0 Å². The van der Waals surface area contributed by atoms with Crippen LogP contribution in [0, 0.1) is 11.3 Å². The maximum Gasteiger partial charge on any atom is 0.136 e. The summed E-state index contributed by atoms with van der Waals surface area (Å²) in [4.78, 5) is 11.3. The van der Waals surface area contributed by atoms with Gasteiger partial charge in [0.2, 0.25) is 0 Å². The van der Waals surface area contributed by atoms with Gasteiger partial charge in [0.1, 0.15) is 18.1 Å². The molecule has 2 aromatic rings. The maximum atomic E-state index is 11.3. The molecular weight excluding hydrogens is 262 g/mol. The molecule has 0 unspecified atom stereocenters. The first-order valence-corrected chi connectivity index (χ1v) is 6.93. The molecule has 0 radical (unpaired) electrons. The number of Topliss-reactive ketones (excluding diaryl/α,β-unsaturated/α-hetero) is 1. The summed E-state index contributed by atoms with van der Waals surface area (Å²) in [6.45, 7) is 0.452. The lowest BCUT2D eigenvalue weighted by Crippen LogP contribution is -2.40. The molecule has 1 aliphatic rings. The van der Waals surface area contributed by atoms with E-state index in [1.165, 1.54) is 0 Å². The van der Waals surface area contributed by atoms with E-state index in [1.807, 2.05) is 54.6 Å². The second kappa shape index (κ2) is 5.41. The van der Waals surface area contributed by atoms with Gasteiger partial charge in [-0.05, 0) is 11.6 Å². The predicted molar refractivity (Wildman–Crippen MR) is 78.7 cm³/mol. The van der Waals surface area contributed by atoms with Gasteiger partial charge in [-0.25, -0.2) is 0 Å². The summed E-state index contributed by atoms with van der Waals surface area (Å²) in [5, 5.41) is 9.46. The summed E-state index contributed by atoms with van der Waals surface area (Å²) >= 11 is 0. The van der Waals surface area contributed by atoms with Crippen LogP contribution in [-0.2, 0) is 16.8 Å². The zero-order chi connectivity index (χ0) is 14.7. The van der Waals surface area contributed by atoms with Gasteiger partial charge in [-0.15, -0.1) is 0 Å². The third-order valence-corrected chi connectivity index (χ3v) is 3.85. The molecule has 1 aliphatic carbocycles. The molecule has 0 aliphatic heterocycles. The molecule has 0 aromatic heterocycles. The molecule has 1 saturated carbocycles. The number of nitriles is 1. The summed E-state index contributed by atoms with van der Waals surface area (Å²) in [6.07, 6.45) is 0.574. The van der Waals surface area contributed by atoms with Crippen LogP contribution < -0.4 is 4.74 Å². The second-order valence-corrected chi connectivity index (χ2v) is 5.36. The van der Waals surface area contributed by atoms with Crippen molar-refractivity contribution in [3.8, 4) is 11.8 Å². The van der Waals surface area contributed by atoms with Crippen molar-refractivity contribution in [3.63, 3.8) is 0 Å². The van der Waals surface area contributed by atoms with Gasteiger partial charge in [0, 0.05) is 18.4 Å². The molecule has 3 rings (SSSR count). The molecular formula is C18H15NO2. The molecule has 2 aromatic carbocycles. The van der Waals surface area contributed by atoms with Crippen molar-refractivity contribution in [1.29, 1.82) is 5.26 Å². The van der Waals surface area contributed by atoms with E-state index in [2.05, 4.69) is 6.07 Å². The van der Waals surface area contributed by atoms with Crippen LogP contribution in [0.3, 0.4) is 0 Å². The summed E-state index contributed by atoms with van der Waals surface area (Å²) in [7, 11) is 0. The third-order valence-electron chi connectivity index (χ3n) is 3.85. The van der Waals surface area contributed by atoms with Gasteiger partial charge in [0.25, 0.3) is 0 Å². The van der Waals surface area contributed by atoms with Gasteiger partial charge < -0.3 is 4.74 Å². The van der Waals surface area contributed by atoms with Crippen LogP contribution >= 0.6 is 0 Å². The fourth-order valence-electron chi connectivity index (χ4n) is 2.67. The number of para-hydroxylation sites is 1. The first-order valence-electron chi connectivity index (χ1n) is 6.93. The molecule has 3 nitrogen and oxygen atoms in total. The van der Waals surface area contributed by atoms with E-state index in [4.69, 9.17) is 4.74 Å². The van der Waals surface area contributed by atoms with E-state index in [0.717, 1.165) is 11.1 Å². The number of carbonyl (C=O) groups is 1. The first-order chi connectivity index (χ1) is 10.2. The van der Waals surface area contributed by atoms with Crippen molar-refractivity contribution in [1.82, 2.24) is 0 Å². The fourth-order valence-corrected chi connectivity index (χ4v) is 2.67. The van der Waals surface area contributed by atoms with Crippen molar-refractivity contribution < 1.29 is 9.53 Å². The van der Waals surface area contributed by atoms with E-state index < -0.39 is 5.41 Å². The zero-order valence-corrected chi connectivity index (χ0v) is 11.6. The van der Waals surface area contributed by atoms with E-state index in [9.17, 15) is 10.1 Å². The van der Waals surface area contributed by atoms with Crippen molar-refractivity contribution in [2.24, 2.45) is 0 Å². The highest BCUT2D eigenvalue weighted by Gasteiger charge is 2.47. The minimum Gasteiger partial charge on any atom is -0.489 e. The molecule has 3 heteroatoms. The van der Waals surface area contributed by atoms with Crippen molar-refractivity contribution in [2.75, 3.05) is 0 Å². The summed E-state index contributed by atoms with van der Waals surface area (Å²) in [6, 6.07) is 19.7. The molecule has 1 fully saturated rings. The largest absolute Gasteiger partial charge is 0.489 e. The molecule has 0 saturated heterocycles. The van der Waals surface area contributed by atoms with E-state index in [1.54, 1.807) is 0 Å². The van der Waals surface area contributed by atoms with Gasteiger partial charge >= 0.3 is 0 Å². The van der Waals surface area contributed by atoms with Gasteiger partial charge in [-0.3, -0.25) is 4.79 Å². The fraction of sp³-hybridized carbons (Fsp3) is 0.222. The Morgan fingerprint density at radius 2 is 1.71 bits per heavy atom. The summed E-state index contributed by atoms with van der Waals surface area (Å²) in [5.74, 6) is 0.824. The van der Waals surface area contributed by atoms with Gasteiger partial charge in [-0.2, -0.15) is 5.26 Å². The zero-order valence-electron chi connectivity index (χ0n) is 11.6. The Morgan fingerprint density at radius 3 is 2.38 bits per heavy atom. The maximum absolute atomic E-state index is 11.3. The number of ketones is 1. The number of hydrogen-bond donors (Lipinski definition) is 0. The molecule has 0 amide bonds. The molecule has 0 bridgehead atoms. The van der Waals surface area contributed by atoms with Crippen molar-refractivity contribution >= 4 is 5.78 Å². The van der Waals surface area contributed by atoms with Crippen LogP contribution in [0.15, 0.2) is 54.6 Å². The van der Waals surface area contributed by atoms with Crippen LogP contribution in [0.2, 0.25) is 0 Å². The Kier molecular flexibility index (Phi) is 3.45. The Balaban J connectivity index is 1.84. The van der Waals surface area contributed by atoms with Crippen LogP contribution in [0.1, 0.15) is 24.0 Å². The lowest BCUT2D eigenvalue weighted by molar-refractivity contribution is -0.126. The Hall–Kier alpha value is -2.60. The normalized spacial score (nSPS) is 15.9. The smallest absolute Gasteiger partial charge is 0.136 e. The predicted octanol–water partition coefficient (Wildman–Crippen LogP) is 3.39. The number of ether oxygens (including phenoxy) is 1. The number of nitrogens with zero attached hydrogens (tertiary/aromatic N) is 1. The molecule has 0 spiro atoms. The summed E-state index contributed by atoms with van der Waals surface area (Å²) < 4.78 is 5.88. The quantitative estimate of drug-likeness (QED) is 0.860. The third kappa shape index (κ3) is 2.53. The highest BCUT2D eigenvalue weighted by Crippen LogP contribution is 2.44. The van der Waals surface area contributed by atoms with Crippen LogP contribution in [0.4, 0.5) is 0 Å². The van der Waals surface area contributed by atoms with Gasteiger partial charge in [0.05, 0.1) is 11.5 Å². The highest BCUT2D eigenvalue weighted by molar-refractivity contribution is 5.90. The number of rotatable bonds is 4. The number of benzene rings is 2. The second-order valence-electron chi connectivity index (χ2n) is 5.36. The average Bonchev–Trinajstić information content (AvgIpc) is 2.51. The number of carbonyl (C=O) groups excluding carboxylic acids is 1. The molecule has 21 heavy (non-hydrogen) atoms. The standard InChI is InChI=1S/C18H15NO2/c19-13-18(10-15(20)11-18)16-8-4-5-9-17(16)21-12-14-6-2-1-3-7-14/h1-9H,10-12H2. The number of hydrogen-bond acceptors (Lipinski definition) is 3. The lowest BCUT2D eigenvalue weighted by Gasteiger charge is -2.35. The molecule has 0 N–H and O–H groups in total. The SMILES string of the molecule is N#CC1(c2ccccc2OCc2ccccc2)CC(=O)C1. The van der Waals surface area contributed by atoms with Crippen molar-refractivity contribution in [3.05, 3.63) is 65.7 Å². The molecule has 104 valence electrons.